The summed E-state index contributed by atoms with van der Waals surface area (Å²) in [7, 11) is 1.54. The fourth-order valence-corrected chi connectivity index (χ4v) is 2.59. The van der Waals surface area contributed by atoms with E-state index in [1.165, 1.54) is 12.5 Å². The molecular formula is C14H18BrNO3. The van der Waals surface area contributed by atoms with Crippen molar-refractivity contribution in [2.75, 3.05) is 19.0 Å². The molecule has 4 nitrogen and oxygen atoms in total. The summed E-state index contributed by atoms with van der Waals surface area (Å²) in [5.74, 6) is 0.457. The van der Waals surface area contributed by atoms with Crippen LogP contribution in [0.4, 0.5) is 0 Å². The zero-order valence-electron chi connectivity index (χ0n) is 10.9. The Balaban J connectivity index is 2.24. The van der Waals surface area contributed by atoms with E-state index in [1.54, 1.807) is 19.2 Å². The van der Waals surface area contributed by atoms with Crippen LogP contribution in [0.25, 0.3) is 0 Å². The number of halogens is 1. The number of hydrogen-bond acceptors (Lipinski definition) is 3. The van der Waals surface area contributed by atoms with E-state index in [2.05, 4.69) is 15.9 Å². The molecule has 0 atom stereocenters. The largest absolute Gasteiger partial charge is 0.507 e. The van der Waals surface area contributed by atoms with Gasteiger partial charge < -0.3 is 14.7 Å². The Morgan fingerprint density at radius 1 is 1.53 bits per heavy atom. The predicted octanol–water partition coefficient (Wildman–Crippen LogP) is 2.79. The highest BCUT2D eigenvalue weighted by atomic mass is 79.9. The van der Waals surface area contributed by atoms with Crippen molar-refractivity contribution in [1.82, 2.24) is 4.90 Å². The number of amides is 1. The topological polar surface area (TPSA) is 49.8 Å². The van der Waals surface area contributed by atoms with Gasteiger partial charge in [-0.25, -0.2) is 0 Å². The van der Waals surface area contributed by atoms with E-state index < -0.39 is 0 Å². The van der Waals surface area contributed by atoms with Crippen LogP contribution in [-0.4, -0.2) is 40.9 Å². The minimum absolute atomic E-state index is 0.00435. The lowest BCUT2D eigenvalue weighted by atomic mass is 9.91. The van der Waals surface area contributed by atoms with Crippen molar-refractivity contribution in [3.8, 4) is 11.5 Å². The van der Waals surface area contributed by atoms with Gasteiger partial charge >= 0.3 is 0 Å². The zero-order valence-corrected chi connectivity index (χ0v) is 12.5. The average Bonchev–Trinajstić information content (AvgIpc) is 2.36. The summed E-state index contributed by atoms with van der Waals surface area (Å²) in [6.45, 7) is 0.653. The van der Waals surface area contributed by atoms with Gasteiger partial charge in [-0.15, -0.1) is 0 Å². The fourth-order valence-electron chi connectivity index (χ4n) is 2.21. The van der Waals surface area contributed by atoms with Crippen LogP contribution in [0.5, 0.6) is 11.5 Å². The lowest BCUT2D eigenvalue weighted by Crippen LogP contribution is -2.45. The third-order valence-electron chi connectivity index (χ3n) is 3.54. The number of ether oxygens (including phenoxy) is 1. The molecule has 1 fully saturated rings. The molecule has 1 aromatic carbocycles. The molecule has 0 unspecified atom stereocenters. The number of nitrogens with zero attached hydrogens (tertiary/aromatic N) is 1. The molecule has 1 amide bonds. The second-order valence-corrected chi connectivity index (χ2v) is 5.45. The van der Waals surface area contributed by atoms with Gasteiger partial charge in [0.1, 0.15) is 11.5 Å². The van der Waals surface area contributed by atoms with E-state index in [4.69, 9.17) is 4.74 Å². The molecule has 5 heteroatoms. The third kappa shape index (κ3) is 3.03. The first-order valence-corrected chi connectivity index (χ1v) is 7.53. The fraction of sp³-hybridized carbons (Fsp3) is 0.500. The molecule has 0 aliphatic heterocycles. The monoisotopic (exact) mass is 327 g/mol. The Labute approximate surface area is 121 Å². The molecule has 0 spiro atoms. The number of methoxy groups -OCH3 is 1. The van der Waals surface area contributed by atoms with Gasteiger partial charge in [0, 0.05) is 17.9 Å². The normalized spacial score (nSPS) is 14.8. The Bertz CT molecular complexity index is 460. The van der Waals surface area contributed by atoms with E-state index in [9.17, 15) is 9.90 Å². The van der Waals surface area contributed by atoms with E-state index >= 15 is 0 Å². The molecule has 0 heterocycles. The number of carbonyl (C=O) groups is 1. The molecule has 1 aliphatic carbocycles. The van der Waals surface area contributed by atoms with Gasteiger partial charge in [-0.05, 0) is 37.5 Å². The highest BCUT2D eigenvalue weighted by Gasteiger charge is 2.30. The molecule has 0 aromatic heterocycles. The third-order valence-corrected chi connectivity index (χ3v) is 3.89. The van der Waals surface area contributed by atoms with Crippen LogP contribution in [-0.2, 0) is 0 Å². The first-order chi connectivity index (χ1) is 9.17. The standard InChI is InChI=1S/C14H18BrNO3/c1-19-11-5-6-13(17)12(9-11)14(18)16(8-7-15)10-3-2-4-10/h5-6,9-10,17H,2-4,7-8H2,1H3. The number of benzene rings is 1. The first-order valence-electron chi connectivity index (χ1n) is 6.41. The Hall–Kier alpha value is -1.23. The molecular weight excluding hydrogens is 310 g/mol. The quantitative estimate of drug-likeness (QED) is 0.846. The molecule has 19 heavy (non-hydrogen) atoms. The lowest BCUT2D eigenvalue weighted by molar-refractivity contribution is 0.0596. The minimum Gasteiger partial charge on any atom is -0.507 e. The summed E-state index contributed by atoms with van der Waals surface area (Å²) < 4.78 is 5.11. The summed E-state index contributed by atoms with van der Waals surface area (Å²) in [4.78, 5) is 14.4. The van der Waals surface area contributed by atoms with Crippen LogP contribution < -0.4 is 4.74 Å². The van der Waals surface area contributed by atoms with Crippen LogP contribution >= 0.6 is 15.9 Å². The summed E-state index contributed by atoms with van der Waals surface area (Å²) in [5.41, 5.74) is 0.312. The number of carbonyl (C=O) groups excluding carboxylic acids is 1. The summed E-state index contributed by atoms with van der Waals surface area (Å²) in [5, 5.41) is 10.6. The Kier molecular flexibility index (Phi) is 4.69. The molecule has 1 N–H and O–H groups in total. The first kappa shape index (κ1) is 14.2. The number of aromatic hydroxyl groups is 1. The van der Waals surface area contributed by atoms with Crippen LogP contribution in [0.1, 0.15) is 29.6 Å². The number of hydrogen-bond donors (Lipinski definition) is 1. The van der Waals surface area contributed by atoms with Gasteiger partial charge in [0.15, 0.2) is 0 Å². The van der Waals surface area contributed by atoms with Gasteiger partial charge in [0.2, 0.25) is 0 Å². The van der Waals surface area contributed by atoms with Gasteiger partial charge in [-0.3, -0.25) is 4.79 Å². The molecule has 0 saturated heterocycles. The van der Waals surface area contributed by atoms with E-state index in [1.807, 2.05) is 4.90 Å². The number of phenolic OH excluding ortho intramolecular Hbond substituents is 1. The molecule has 1 saturated carbocycles. The van der Waals surface area contributed by atoms with Gasteiger partial charge in [0.05, 0.1) is 12.7 Å². The molecule has 1 aromatic rings. The zero-order chi connectivity index (χ0) is 13.8. The highest BCUT2D eigenvalue weighted by molar-refractivity contribution is 9.09. The van der Waals surface area contributed by atoms with Crippen molar-refractivity contribution in [3.05, 3.63) is 23.8 Å². The van der Waals surface area contributed by atoms with E-state index in [0.29, 0.717) is 23.9 Å². The van der Waals surface area contributed by atoms with Gasteiger partial charge in [0.25, 0.3) is 5.91 Å². The predicted molar refractivity (Wildman–Crippen MR) is 77.1 cm³/mol. The highest BCUT2D eigenvalue weighted by Crippen LogP contribution is 2.29. The Morgan fingerprint density at radius 2 is 2.26 bits per heavy atom. The maximum absolute atomic E-state index is 12.5. The van der Waals surface area contributed by atoms with Gasteiger partial charge in [-0.1, -0.05) is 15.9 Å². The lowest BCUT2D eigenvalue weighted by Gasteiger charge is -2.37. The summed E-state index contributed by atoms with van der Waals surface area (Å²) in [6.07, 6.45) is 3.26. The van der Waals surface area contributed by atoms with Crippen LogP contribution in [0, 0.1) is 0 Å². The van der Waals surface area contributed by atoms with Crippen molar-refractivity contribution in [2.24, 2.45) is 0 Å². The number of rotatable bonds is 5. The molecule has 0 radical (unpaired) electrons. The summed E-state index contributed by atoms with van der Waals surface area (Å²) in [6, 6.07) is 5.04. The van der Waals surface area contributed by atoms with Crippen molar-refractivity contribution in [2.45, 2.75) is 25.3 Å². The van der Waals surface area contributed by atoms with Crippen LogP contribution in [0.15, 0.2) is 18.2 Å². The number of phenols is 1. The maximum atomic E-state index is 12.5. The average molecular weight is 328 g/mol. The molecule has 104 valence electrons. The van der Waals surface area contributed by atoms with Crippen molar-refractivity contribution < 1.29 is 14.6 Å². The van der Waals surface area contributed by atoms with Crippen LogP contribution in [0.3, 0.4) is 0 Å². The smallest absolute Gasteiger partial charge is 0.258 e. The molecule has 1 aliphatic rings. The van der Waals surface area contributed by atoms with Crippen molar-refractivity contribution in [1.29, 1.82) is 0 Å². The minimum atomic E-state index is -0.124. The second kappa shape index (κ2) is 6.28. The number of alkyl halides is 1. The molecule has 2 rings (SSSR count). The van der Waals surface area contributed by atoms with E-state index in [0.717, 1.165) is 18.2 Å². The second-order valence-electron chi connectivity index (χ2n) is 4.66. The summed E-state index contributed by atoms with van der Waals surface area (Å²) >= 11 is 3.38. The maximum Gasteiger partial charge on any atom is 0.258 e. The SMILES string of the molecule is COc1ccc(O)c(C(=O)N(CCBr)C2CCC2)c1. The van der Waals surface area contributed by atoms with Crippen LogP contribution in [0.2, 0.25) is 0 Å². The van der Waals surface area contributed by atoms with E-state index in [-0.39, 0.29) is 11.7 Å². The van der Waals surface area contributed by atoms with Gasteiger partial charge in [-0.2, -0.15) is 0 Å². The van der Waals surface area contributed by atoms with Crippen molar-refractivity contribution >= 4 is 21.8 Å². The Morgan fingerprint density at radius 3 is 2.79 bits per heavy atom. The van der Waals surface area contributed by atoms with Crippen molar-refractivity contribution in [3.63, 3.8) is 0 Å². The molecule has 0 bridgehead atoms.